The molecule has 2 aliphatic heterocycles. The Morgan fingerprint density at radius 1 is 1.41 bits per heavy atom. The zero-order valence-corrected chi connectivity index (χ0v) is 12.4. The van der Waals surface area contributed by atoms with Crippen molar-refractivity contribution in [2.75, 3.05) is 19.6 Å². The maximum Gasteiger partial charge on any atom is 0.256 e. The van der Waals surface area contributed by atoms with Gasteiger partial charge >= 0.3 is 0 Å². The first-order chi connectivity index (χ1) is 10.6. The molecule has 2 saturated heterocycles. The standard InChI is InChI=1S/C15H17N5O2/c1-9-17-13-11(4-5-16-14(13)18-9)15(22)19-6-7-20-10(8-19)2-3-12(20)21/h4-5,10H,2-3,6-8H2,1H3,(H,16,17,18). The molecule has 2 aliphatic rings. The van der Waals surface area contributed by atoms with E-state index in [1.54, 1.807) is 12.3 Å². The highest BCUT2D eigenvalue weighted by molar-refractivity contribution is 6.04. The molecule has 2 aromatic heterocycles. The summed E-state index contributed by atoms with van der Waals surface area (Å²) in [6.07, 6.45) is 3.06. The molecule has 2 aromatic rings. The lowest BCUT2D eigenvalue weighted by atomic mass is 10.1. The summed E-state index contributed by atoms with van der Waals surface area (Å²) in [5, 5.41) is 0. The van der Waals surface area contributed by atoms with E-state index in [9.17, 15) is 9.59 Å². The minimum Gasteiger partial charge on any atom is -0.340 e. The first-order valence-corrected chi connectivity index (χ1v) is 7.53. The Kier molecular flexibility index (Phi) is 2.88. The van der Waals surface area contributed by atoms with Crippen molar-refractivity contribution in [3.63, 3.8) is 0 Å². The predicted molar refractivity (Wildman–Crippen MR) is 79.3 cm³/mol. The summed E-state index contributed by atoms with van der Waals surface area (Å²) >= 11 is 0. The van der Waals surface area contributed by atoms with Gasteiger partial charge in [-0.2, -0.15) is 0 Å². The molecule has 7 heteroatoms. The number of carbonyl (C=O) groups excluding carboxylic acids is 2. The van der Waals surface area contributed by atoms with Crippen LogP contribution in [0.15, 0.2) is 12.3 Å². The van der Waals surface area contributed by atoms with Crippen LogP contribution in [-0.4, -0.2) is 62.2 Å². The lowest BCUT2D eigenvalue weighted by Crippen LogP contribution is -2.53. The Balaban J connectivity index is 1.62. The number of aromatic nitrogens is 3. The van der Waals surface area contributed by atoms with E-state index in [4.69, 9.17) is 0 Å². The number of fused-ring (bicyclic) bond motifs is 2. The second-order valence-electron chi connectivity index (χ2n) is 5.91. The number of aromatic amines is 1. The second kappa shape index (κ2) is 4.79. The average Bonchev–Trinajstić information content (AvgIpc) is 3.08. The largest absolute Gasteiger partial charge is 0.340 e. The van der Waals surface area contributed by atoms with Gasteiger partial charge in [0.2, 0.25) is 5.91 Å². The van der Waals surface area contributed by atoms with Gasteiger partial charge in [-0.3, -0.25) is 9.59 Å². The normalized spacial score (nSPS) is 21.5. The highest BCUT2D eigenvalue weighted by atomic mass is 16.2. The topological polar surface area (TPSA) is 82.2 Å². The molecule has 0 aromatic carbocycles. The summed E-state index contributed by atoms with van der Waals surface area (Å²) in [4.78, 5) is 39.9. The van der Waals surface area contributed by atoms with Crippen molar-refractivity contribution in [2.24, 2.45) is 0 Å². The van der Waals surface area contributed by atoms with Crippen molar-refractivity contribution in [1.29, 1.82) is 0 Å². The minimum atomic E-state index is -0.0185. The van der Waals surface area contributed by atoms with Gasteiger partial charge in [-0.25, -0.2) is 9.97 Å². The molecule has 4 rings (SSSR count). The molecule has 1 N–H and O–H groups in total. The third kappa shape index (κ3) is 1.96. The number of imidazole rings is 1. The molecule has 1 atom stereocenters. The van der Waals surface area contributed by atoms with Crippen LogP contribution in [0.3, 0.4) is 0 Å². The van der Waals surface area contributed by atoms with Crippen LogP contribution >= 0.6 is 0 Å². The summed E-state index contributed by atoms with van der Waals surface area (Å²) in [7, 11) is 0. The highest BCUT2D eigenvalue weighted by Gasteiger charge is 2.37. The van der Waals surface area contributed by atoms with Crippen molar-refractivity contribution < 1.29 is 9.59 Å². The van der Waals surface area contributed by atoms with Crippen LogP contribution in [0.2, 0.25) is 0 Å². The molecule has 2 amide bonds. The lowest BCUT2D eigenvalue weighted by molar-refractivity contribution is -0.130. The number of carbonyl (C=O) groups is 2. The van der Waals surface area contributed by atoms with Crippen LogP contribution in [0.1, 0.15) is 29.0 Å². The first-order valence-electron chi connectivity index (χ1n) is 7.53. The van der Waals surface area contributed by atoms with Crippen LogP contribution in [0.4, 0.5) is 0 Å². The van der Waals surface area contributed by atoms with E-state index < -0.39 is 0 Å². The van der Waals surface area contributed by atoms with Crippen LogP contribution in [0.5, 0.6) is 0 Å². The zero-order valence-electron chi connectivity index (χ0n) is 12.4. The van der Waals surface area contributed by atoms with Gasteiger partial charge < -0.3 is 14.8 Å². The van der Waals surface area contributed by atoms with Crippen molar-refractivity contribution in [3.8, 4) is 0 Å². The lowest BCUT2D eigenvalue weighted by Gasteiger charge is -2.37. The molecule has 2 fully saturated rings. The number of piperazine rings is 1. The molecule has 1 unspecified atom stereocenters. The number of aryl methyl sites for hydroxylation is 1. The third-order valence-electron chi connectivity index (χ3n) is 4.52. The smallest absolute Gasteiger partial charge is 0.256 e. The molecule has 0 radical (unpaired) electrons. The van der Waals surface area contributed by atoms with Gasteiger partial charge in [0.15, 0.2) is 5.65 Å². The fourth-order valence-electron chi connectivity index (χ4n) is 3.42. The highest BCUT2D eigenvalue weighted by Crippen LogP contribution is 2.24. The number of H-pyrrole nitrogens is 1. The average molecular weight is 299 g/mol. The van der Waals surface area contributed by atoms with Crippen molar-refractivity contribution in [1.82, 2.24) is 24.8 Å². The summed E-state index contributed by atoms with van der Waals surface area (Å²) < 4.78 is 0. The van der Waals surface area contributed by atoms with Gasteiger partial charge in [-0.1, -0.05) is 0 Å². The van der Waals surface area contributed by atoms with E-state index in [0.29, 0.717) is 42.8 Å². The Bertz CT molecular complexity index is 768. The number of hydrogen-bond acceptors (Lipinski definition) is 4. The molecule has 0 aliphatic carbocycles. The van der Waals surface area contributed by atoms with Gasteiger partial charge in [0.25, 0.3) is 5.91 Å². The second-order valence-corrected chi connectivity index (χ2v) is 5.91. The Hall–Kier alpha value is -2.44. The summed E-state index contributed by atoms with van der Waals surface area (Å²) in [6.45, 7) is 3.67. The summed E-state index contributed by atoms with van der Waals surface area (Å²) in [5.74, 6) is 0.941. The van der Waals surface area contributed by atoms with Crippen LogP contribution in [0.25, 0.3) is 11.2 Å². The predicted octanol–water partition coefficient (Wildman–Crippen LogP) is 0.713. The quantitative estimate of drug-likeness (QED) is 0.841. The van der Waals surface area contributed by atoms with E-state index >= 15 is 0 Å². The minimum absolute atomic E-state index is 0.0185. The number of nitrogens with zero attached hydrogens (tertiary/aromatic N) is 4. The molecule has 22 heavy (non-hydrogen) atoms. The SMILES string of the molecule is Cc1nc2nccc(C(=O)N3CCN4C(=O)CCC4C3)c2[nH]1. The van der Waals surface area contributed by atoms with E-state index in [2.05, 4.69) is 15.0 Å². The fourth-order valence-corrected chi connectivity index (χ4v) is 3.42. The number of amides is 2. The number of nitrogens with one attached hydrogen (secondary N) is 1. The van der Waals surface area contributed by atoms with Crippen LogP contribution in [-0.2, 0) is 4.79 Å². The molecule has 4 heterocycles. The van der Waals surface area contributed by atoms with Gasteiger partial charge in [0.05, 0.1) is 11.1 Å². The van der Waals surface area contributed by atoms with Gasteiger partial charge in [0.1, 0.15) is 5.82 Å². The zero-order chi connectivity index (χ0) is 15.3. The van der Waals surface area contributed by atoms with Crippen molar-refractivity contribution in [2.45, 2.75) is 25.8 Å². The fraction of sp³-hybridized carbons (Fsp3) is 0.467. The van der Waals surface area contributed by atoms with Gasteiger partial charge in [0, 0.05) is 38.3 Å². The molecular formula is C15H17N5O2. The number of pyridine rings is 1. The van der Waals surface area contributed by atoms with E-state index in [0.717, 1.165) is 12.2 Å². The molecule has 114 valence electrons. The molecule has 0 saturated carbocycles. The molecule has 0 spiro atoms. The Labute approximate surface area is 127 Å². The Morgan fingerprint density at radius 3 is 3.14 bits per heavy atom. The van der Waals surface area contributed by atoms with Crippen LogP contribution in [0, 0.1) is 6.92 Å². The Morgan fingerprint density at radius 2 is 2.27 bits per heavy atom. The number of rotatable bonds is 1. The molecular weight excluding hydrogens is 282 g/mol. The number of hydrogen-bond donors (Lipinski definition) is 1. The maximum atomic E-state index is 12.8. The monoisotopic (exact) mass is 299 g/mol. The van der Waals surface area contributed by atoms with Crippen molar-refractivity contribution in [3.05, 3.63) is 23.7 Å². The van der Waals surface area contributed by atoms with E-state index in [-0.39, 0.29) is 17.9 Å². The molecule has 7 nitrogen and oxygen atoms in total. The first kappa shape index (κ1) is 13.2. The van der Waals surface area contributed by atoms with Crippen molar-refractivity contribution >= 4 is 23.0 Å². The molecule has 0 bridgehead atoms. The van der Waals surface area contributed by atoms with Gasteiger partial charge in [-0.15, -0.1) is 0 Å². The van der Waals surface area contributed by atoms with E-state index in [1.165, 1.54) is 0 Å². The maximum absolute atomic E-state index is 12.8. The summed E-state index contributed by atoms with van der Waals surface area (Å²) in [5.41, 5.74) is 1.86. The third-order valence-corrected chi connectivity index (χ3v) is 4.52. The van der Waals surface area contributed by atoms with E-state index in [1.807, 2.05) is 16.7 Å². The summed E-state index contributed by atoms with van der Waals surface area (Å²) in [6, 6.07) is 1.90. The van der Waals surface area contributed by atoms with Gasteiger partial charge in [-0.05, 0) is 19.4 Å². The van der Waals surface area contributed by atoms with Crippen LogP contribution < -0.4 is 0 Å².